The number of carbonyl (C=O) groups excluding carboxylic acids is 2. The number of esters is 1. The standard InChI is InChI=1S/C26H22N2O3/c1-16-8-4-9-17(2)22(16)26(30)31-21-14-5-10-18(3)23(21)25(29)28-20-13-6-11-19-12-7-15-27-24(19)20/h4-15H,1-3H3,(H,28,29). The highest BCUT2D eigenvalue weighted by Gasteiger charge is 2.21. The lowest BCUT2D eigenvalue weighted by atomic mass is 10.0. The number of carbonyl (C=O) groups is 2. The first-order valence-corrected chi connectivity index (χ1v) is 9.99. The SMILES string of the molecule is Cc1cccc(C)c1C(=O)Oc1cccc(C)c1C(=O)Nc1cccc2cccnc12. The van der Waals surface area contributed by atoms with Gasteiger partial charge in [-0.05, 0) is 55.7 Å². The van der Waals surface area contributed by atoms with Crippen molar-refractivity contribution in [3.8, 4) is 5.75 Å². The molecule has 154 valence electrons. The molecule has 31 heavy (non-hydrogen) atoms. The van der Waals surface area contributed by atoms with Crippen molar-refractivity contribution in [1.82, 2.24) is 4.98 Å². The Balaban J connectivity index is 1.68. The average Bonchev–Trinajstić information content (AvgIpc) is 2.74. The van der Waals surface area contributed by atoms with Gasteiger partial charge in [0.05, 0.1) is 22.3 Å². The van der Waals surface area contributed by atoms with Gasteiger partial charge in [-0.2, -0.15) is 0 Å². The normalized spacial score (nSPS) is 10.7. The molecule has 0 aliphatic rings. The fourth-order valence-electron chi connectivity index (χ4n) is 3.69. The Morgan fingerprint density at radius 2 is 1.39 bits per heavy atom. The van der Waals surface area contributed by atoms with Gasteiger partial charge in [0.25, 0.3) is 5.91 Å². The number of nitrogens with one attached hydrogen (secondary N) is 1. The molecule has 1 amide bonds. The van der Waals surface area contributed by atoms with E-state index in [0.29, 0.717) is 27.9 Å². The molecule has 0 aliphatic heterocycles. The van der Waals surface area contributed by atoms with E-state index < -0.39 is 5.97 Å². The summed E-state index contributed by atoms with van der Waals surface area (Å²) in [5, 5.41) is 3.85. The first kappa shape index (κ1) is 20.3. The Bertz CT molecular complexity index is 1290. The maximum absolute atomic E-state index is 13.2. The highest BCUT2D eigenvalue weighted by Crippen LogP contribution is 2.27. The summed E-state index contributed by atoms with van der Waals surface area (Å²) in [6, 6.07) is 20.2. The summed E-state index contributed by atoms with van der Waals surface area (Å²) in [7, 11) is 0. The lowest BCUT2D eigenvalue weighted by Gasteiger charge is -2.15. The second-order valence-corrected chi connectivity index (χ2v) is 7.44. The molecule has 1 N–H and O–H groups in total. The van der Waals surface area contributed by atoms with Gasteiger partial charge in [0.15, 0.2) is 0 Å². The first-order chi connectivity index (χ1) is 15.0. The molecule has 0 aliphatic carbocycles. The van der Waals surface area contributed by atoms with Gasteiger partial charge in [-0.1, -0.05) is 48.5 Å². The highest BCUT2D eigenvalue weighted by molar-refractivity contribution is 6.11. The van der Waals surface area contributed by atoms with Crippen molar-refractivity contribution in [1.29, 1.82) is 0 Å². The minimum absolute atomic E-state index is 0.221. The number of ether oxygens (including phenoxy) is 1. The number of benzene rings is 3. The van der Waals surface area contributed by atoms with E-state index in [9.17, 15) is 9.59 Å². The number of nitrogens with zero attached hydrogens (tertiary/aromatic N) is 1. The predicted octanol–water partition coefficient (Wildman–Crippen LogP) is 5.63. The molecule has 0 unspecified atom stereocenters. The Kier molecular flexibility index (Phi) is 5.50. The number of aryl methyl sites for hydroxylation is 3. The third-order valence-electron chi connectivity index (χ3n) is 5.23. The molecular formula is C26H22N2O3. The van der Waals surface area contributed by atoms with E-state index >= 15 is 0 Å². The van der Waals surface area contributed by atoms with Crippen LogP contribution >= 0.6 is 0 Å². The van der Waals surface area contributed by atoms with Crippen molar-refractivity contribution in [2.24, 2.45) is 0 Å². The van der Waals surface area contributed by atoms with Crippen LogP contribution in [0.3, 0.4) is 0 Å². The van der Waals surface area contributed by atoms with Gasteiger partial charge in [0.2, 0.25) is 0 Å². The van der Waals surface area contributed by atoms with Gasteiger partial charge >= 0.3 is 5.97 Å². The molecule has 0 radical (unpaired) electrons. The number of pyridine rings is 1. The Hall–Kier alpha value is -3.99. The maximum atomic E-state index is 13.2. The van der Waals surface area contributed by atoms with Crippen molar-refractivity contribution in [2.75, 3.05) is 5.32 Å². The van der Waals surface area contributed by atoms with Gasteiger partial charge in [-0.25, -0.2) is 4.79 Å². The van der Waals surface area contributed by atoms with Gasteiger partial charge in [-0.15, -0.1) is 0 Å². The third-order valence-corrected chi connectivity index (χ3v) is 5.23. The molecule has 0 bridgehead atoms. The number of amides is 1. The highest BCUT2D eigenvalue weighted by atomic mass is 16.5. The predicted molar refractivity (Wildman–Crippen MR) is 122 cm³/mol. The number of hydrogen-bond acceptors (Lipinski definition) is 4. The van der Waals surface area contributed by atoms with Crippen LogP contribution in [0.4, 0.5) is 5.69 Å². The summed E-state index contributed by atoms with van der Waals surface area (Å²) in [5.74, 6) is -0.624. The van der Waals surface area contributed by atoms with Gasteiger partial charge < -0.3 is 10.1 Å². The smallest absolute Gasteiger partial charge is 0.344 e. The molecule has 5 nitrogen and oxygen atoms in total. The summed E-state index contributed by atoms with van der Waals surface area (Å²) in [4.78, 5) is 30.5. The molecular weight excluding hydrogens is 388 g/mol. The van der Waals surface area contributed by atoms with E-state index in [1.807, 2.05) is 69.3 Å². The zero-order valence-electron chi connectivity index (χ0n) is 17.6. The summed E-state index contributed by atoms with van der Waals surface area (Å²) >= 11 is 0. The van der Waals surface area contributed by atoms with Crippen LogP contribution < -0.4 is 10.1 Å². The number of aromatic nitrogens is 1. The van der Waals surface area contributed by atoms with Gasteiger partial charge in [0.1, 0.15) is 5.75 Å². The fraction of sp³-hybridized carbons (Fsp3) is 0.115. The van der Waals surface area contributed by atoms with Crippen molar-refractivity contribution in [2.45, 2.75) is 20.8 Å². The zero-order chi connectivity index (χ0) is 22.0. The average molecular weight is 410 g/mol. The van der Waals surface area contributed by atoms with Crippen molar-refractivity contribution < 1.29 is 14.3 Å². The van der Waals surface area contributed by atoms with E-state index in [-0.39, 0.29) is 11.7 Å². The van der Waals surface area contributed by atoms with Crippen LogP contribution in [0.25, 0.3) is 10.9 Å². The first-order valence-electron chi connectivity index (χ1n) is 9.99. The molecule has 0 spiro atoms. The zero-order valence-corrected chi connectivity index (χ0v) is 17.6. The van der Waals surface area contributed by atoms with Crippen LogP contribution in [0.5, 0.6) is 5.75 Å². The Morgan fingerprint density at radius 1 is 0.774 bits per heavy atom. The molecule has 1 heterocycles. The van der Waals surface area contributed by atoms with Gasteiger partial charge in [0, 0.05) is 11.6 Å². The molecule has 0 saturated carbocycles. The quantitative estimate of drug-likeness (QED) is 0.350. The fourth-order valence-corrected chi connectivity index (χ4v) is 3.69. The Labute approximate surface area is 180 Å². The maximum Gasteiger partial charge on any atom is 0.344 e. The summed E-state index contributed by atoms with van der Waals surface area (Å²) in [6.45, 7) is 5.54. The van der Waals surface area contributed by atoms with E-state index in [1.54, 1.807) is 24.4 Å². The van der Waals surface area contributed by atoms with Crippen LogP contribution in [0.2, 0.25) is 0 Å². The van der Waals surface area contributed by atoms with Crippen molar-refractivity contribution in [3.05, 3.63) is 101 Å². The topological polar surface area (TPSA) is 68.3 Å². The summed E-state index contributed by atoms with van der Waals surface area (Å²) < 4.78 is 5.71. The number of para-hydroxylation sites is 1. The van der Waals surface area contributed by atoms with E-state index in [2.05, 4.69) is 10.3 Å². The lowest BCUT2D eigenvalue weighted by Crippen LogP contribution is -2.18. The molecule has 0 atom stereocenters. The monoisotopic (exact) mass is 410 g/mol. The van der Waals surface area contributed by atoms with Crippen molar-refractivity contribution >= 4 is 28.5 Å². The number of fused-ring (bicyclic) bond motifs is 1. The van der Waals surface area contributed by atoms with E-state index in [4.69, 9.17) is 4.74 Å². The van der Waals surface area contributed by atoms with E-state index in [0.717, 1.165) is 16.5 Å². The lowest BCUT2D eigenvalue weighted by molar-refractivity contribution is 0.0731. The molecule has 1 aromatic heterocycles. The second kappa shape index (κ2) is 8.40. The Morgan fingerprint density at radius 3 is 2.13 bits per heavy atom. The molecule has 4 rings (SSSR count). The van der Waals surface area contributed by atoms with E-state index in [1.165, 1.54) is 0 Å². The molecule has 3 aromatic carbocycles. The van der Waals surface area contributed by atoms with Crippen molar-refractivity contribution in [3.63, 3.8) is 0 Å². The summed E-state index contributed by atoms with van der Waals surface area (Å²) in [5.41, 5.74) is 4.47. The number of hydrogen-bond donors (Lipinski definition) is 1. The molecule has 4 aromatic rings. The van der Waals surface area contributed by atoms with Crippen LogP contribution in [0.1, 0.15) is 37.4 Å². The molecule has 0 saturated heterocycles. The number of anilines is 1. The minimum atomic E-state index is -0.484. The van der Waals surface area contributed by atoms with Crippen LogP contribution in [0, 0.1) is 20.8 Å². The largest absolute Gasteiger partial charge is 0.422 e. The van der Waals surface area contributed by atoms with Crippen LogP contribution in [-0.4, -0.2) is 16.9 Å². The van der Waals surface area contributed by atoms with Crippen LogP contribution in [-0.2, 0) is 0 Å². The number of rotatable bonds is 4. The van der Waals surface area contributed by atoms with Crippen LogP contribution in [0.15, 0.2) is 72.9 Å². The minimum Gasteiger partial charge on any atom is -0.422 e. The molecule has 0 fully saturated rings. The second-order valence-electron chi connectivity index (χ2n) is 7.44. The third kappa shape index (κ3) is 4.03. The summed E-state index contributed by atoms with van der Waals surface area (Å²) in [6.07, 6.45) is 1.68. The van der Waals surface area contributed by atoms with Gasteiger partial charge in [-0.3, -0.25) is 9.78 Å². The molecule has 5 heteroatoms.